The lowest BCUT2D eigenvalue weighted by Gasteiger charge is -2.32. The van der Waals surface area contributed by atoms with Gasteiger partial charge in [0.25, 0.3) is 0 Å². The van der Waals surface area contributed by atoms with Gasteiger partial charge in [-0.2, -0.15) is 0 Å². The van der Waals surface area contributed by atoms with Gasteiger partial charge in [-0.1, -0.05) is 43.7 Å². The van der Waals surface area contributed by atoms with E-state index < -0.39 is 0 Å². The zero-order valence-corrected chi connectivity index (χ0v) is 15.5. The molecule has 4 heteroatoms. The second-order valence-corrected chi connectivity index (χ2v) is 8.19. The van der Waals surface area contributed by atoms with Crippen molar-refractivity contribution in [2.24, 2.45) is 5.92 Å². The first kappa shape index (κ1) is 17.5. The minimum atomic E-state index is -0.245. The Morgan fingerprint density at radius 3 is 2.72 bits per heavy atom. The van der Waals surface area contributed by atoms with Gasteiger partial charge in [0.2, 0.25) is 0 Å². The Kier molecular flexibility index (Phi) is 5.41. The summed E-state index contributed by atoms with van der Waals surface area (Å²) in [6.07, 6.45) is 6.19. The summed E-state index contributed by atoms with van der Waals surface area (Å²) in [5.41, 5.74) is 1.40. The third-order valence-corrected chi connectivity index (χ3v) is 6.07. The van der Waals surface area contributed by atoms with E-state index in [1.165, 1.54) is 31.4 Å². The lowest BCUT2D eigenvalue weighted by molar-refractivity contribution is -0.186. The molecule has 2 heterocycles. The van der Waals surface area contributed by atoms with Gasteiger partial charge in [-0.3, -0.25) is 4.90 Å². The van der Waals surface area contributed by atoms with E-state index in [-0.39, 0.29) is 11.9 Å². The van der Waals surface area contributed by atoms with E-state index in [1.54, 1.807) is 0 Å². The molecule has 3 aliphatic rings. The van der Waals surface area contributed by atoms with Gasteiger partial charge >= 0.3 is 0 Å². The summed E-state index contributed by atoms with van der Waals surface area (Å²) >= 11 is 0. The Balaban J connectivity index is 1.23. The van der Waals surface area contributed by atoms with Crippen LogP contribution in [0.4, 0.5) is 0 Å². The maximum Gasteiger partial charge on any atom is 0.168 e. The van der Waals surface area contributed by atoms with Gasteiger partial charge in [0, 0.05) is 45.1 Å². The van der Waals surface area contributed by atoms with Crippen LogP contribution in [0.3, 0.4) is 0 Å². The predicted molar refractivity (Wildman–Crippen MR) is 99.3 cm³/mol. The average Bonchev–Trinajstić information content (AvgIpc) is 3.18. The fraction of sp³-hybridized carbons (Fsp3) is 0.714. The van der Waals surface area contributed by atoms with Gasteiger partial charge < -0.3 is 14.8 Å². The van der Waals surface area contributed by atoms with Gasteiger partial charge in [-0.05, 0) is 24.3 Å². The van der Waals surface area contributed by atoms with E-state index in [0.29, 0.717) is 12.0 Å². The van der Waals surface area contributed by atoms with Gasteiger partial charge in [-0.25, -0.2) is 0 Å². The Morgan fingerprint density at radius 1 is 1.12 bits per heavy atom. The normalized spacial score (nSPS) is 32.4. The van der Waals surface area contributed by atoms with E-state index in [9.17, 15) is 0 Å². The molecule has 1 aromatic rings. The van der Waals surface area contributed by atoms with Crippen LogP contribution in [0.2, 0.25) is 0 Å². The van der Waals surface area contributed by atoms with Crippen molar-refractivity contribution in [3.63, 3.8) is 0 Å². The van der Waals surface area contributed by atoms with Gasteiger partial charge in [-0.15, -0.1) is 0 Å². The molecule has 1 spiro atoms. The van der Waals surface area contributed by atoms with Crippen LogP contribution in [0.25, 0.3) is 0 Å². The molecule has 3 fully saturated rings. The highest BCUT2D eigenvalue weighted by atomic mass is 16.7. The van der Waals surface area contributed by atoms with E-state index in [1.807, 2.05) is 0 Å². The highest BCUT2D eigenvalue weighted by Gasteiger charge is 2.42. The van der Waals surface area contributed by atoms with Crippen LogP contribution in [0.15, 0.2) is 30.3 Å². The molecule has 0 aromatic heterocycles. The van der Waals surface area contributed by atoms with E-state index in [0.717, 1.165) is 39.1 Å². The maximum absolute atomic E-state index is 6.31. The van der Waals surface area contributed by atoms with Crippen molar-refractivity contribution >= 4 is 0 Å². The smallest absolute Gasteiger partial charge is 0.168 e. The molecule has 25 heavy (non-hydrogen) atoms. The maximum atomic E-state index is 6.31. The molecule has 2 aliphatic heterocycles. The number of ether oxygens (including phenoxy) is 2. The van der Waals surface area contributed by atoms with Crippen molar-refractivity contribution in [3.8, 4) is 0 Å². The molecular formula is C21H32N2O2. The molecule has 4 rings (SSSR count). The van der Waals surface area contributed by atoms with Crippen LogP contribution in [0, 0.1) is 5.92 Å². The summed E-state index contributed by atoms with van der Waals surface area (Å²) in [5.74, 6) is 0.431. The molecule has 2 saturated heterocycles. The monoisotopic (exact) mass is 344 g/mol. The second kappa shape index (κ2) is 7.75. The van der Waals surface area contributed by atoms with Gasteiger partial charge in [0.1, 0.15) is 0 Å². The third kappa shape index (κ3) is 4.25. The largest absolute Gasteiger partial charge is 0.347 e. The molecule has 4 nitrogen and oxygen atoms in total. The molecule has 1 aliphatic carbocycles. The standard InChI is InChI=1S/C21H32N2O2/c1-17-13-23(14-18-8-4-2-5-9-18)15-20(17)22-12-19-16-24-21(25-19)10-6-3-7-11-21/h2,4-5,8-9,17,19-20,22H,3,6-7,10-16H2,1H3/t17-,19-,20+/m1/s1. The molecule has 1 N–H and O–H groups in total. The van der Waals surface area contributed by atoms with Crippen molar-refractivity contribution in [1.82, 2.24) is 10.2 Å². The van der Waals surface area contributed by atoms with Crippen LogP contribution in [0.5, 0.6) is 0 Å². The highest BCUT2D eigenvalue weighted by molar-refractivity contribution is 5.14. The Hall–Kier alpha value is -0.940. The fourth-order valence-electron chi connectivity index (χ4n) is 4.66. The molecule has 138 valence electrons. The van der Waals surface area contributed by atoms with E-state index in [2.05, 4.69) is 47.5 Å². The summed E-state index contributed by atoms with van der Waals surface area (Å²) < 4.78 is 12.4. The lowest BCUT2D eigenvalue weighted by Crippen LogP contribution is -2.41. The second-order valence-electron chi connectivity index (χ2n) is 8.19. The van der Waals surface area contributed by atoms with Crippen LogP contribution in [-0.2, 0) is 16.0 Å². The van der Waals surface area contributed by atoms with Crippen molar-refractivity contribution in [3.05, 3.63) is 35.9 Å². The van der Waals surface area contributed by atoms with E-state index in [4.69, 9.17) is 9.47 Å². The van der Waals surface area contributed by atoms with Crippen molar-refractivity contribution in [2.45, 2.75) is 63.5 Å². The van der Waals surface area contributed by atoms with Gasteiger partial charge in [0.05, 0.1) is 12.7 Å². The van der Waals surface area contributed by atoms with E-state index >= 15 is 0 Å². The number of hydrogen-bond donors (Lipinski definition) is 1. The van der Waals surface area contributed by atoms with Gasteiger partial charge in [0.15, 0.2) is 5.79 Å². The number of hydrogen-bond acceptors (Lipinski definition) is 4. The zero-order chi connectivity index (χ0) is 17.1. The minimum Gasteiger partial charge on any atom is -0.347 e. The molecule has 1 aromatic carbocycles. The topological polar surface area (TPSA) is 33.7 Å². The van der Waals surface area contributed by atoms with Crippen LogP contribution < -0.4 is 5.32 Å². The first-order valence-electron chi connectivity index (χ1n) is 10.0. The summed E-state index contributed by atoms with van der Waals surface area (Å²) in [4.78, 5) is 2.56. The minimum absolute atomic E-state index is 0.216. The number of nitrogens with one attached hydrogen (secondary N) is 1. The van der Waals surface area contributed by atoms with Crippen LogP contribution in [-0.4, -0.2) is 49.1 Å². The predicted octanol–water partition coefficient (Wildman–Crippen LogP) is 3.17. The summed E-state index contributed by atoms with van der Waals surface area (Å²) in [7, 11) is 0. The first-order chi connectivity index (χ1) is 12.2. The molecule has 0 bridgehead atoms. The number of rotatable bonds is 5. The molecular weight excluding hydrogens is 312 g/mol. The zero-order valence-electron chi connectivity index (χ0n) is 15.5. The quantitative estimate of drug-likeness (QED) is 0.890. The van der Waals surface area contributed by atoms with Crippen LogP contribution in [0.1, 0.15) is 44.6 Å². The number of nitrogens with zero attached hydrogens (tertiary/aromatic N) is 1. The fourth-order valence-corrected chi connectivity index (χ4v) is 4.66. The highest BCUT2D eigenvalue weighted by Crippen LogP contribution is 2.37. The molecule has 0 radical (unpaired) electrons. The molecule has 1 saturated carbocycles. The summed E-state index contributed by atoms with van der Waals surface area (Å²) in [6, 6.07) is 11.3. The molecule has 0 amide bonds. The lowest BCUT2D eigenvalue weighted by atomic mass is 9.94. The van der Waals surface area contributed by atoms with Crippen molar-refractivity contribution in [1.29, 1.82) is 0 Å². The SMILES string of the molecule is C[C@@H]1CN(Cc2ccccc2)C[C@@H]1NC[C@@H]1COC2(CCCCC2)O1. The third-order valence-electron chi connectivity index (χ3n) is 6.07. The van der Waals surface area contributed by atoms with Crippen molar-refractivity contribution < 1.29 is 9.47 Å². The Morgan fingerprint density at radius 2 is 1.92 bits per heavy atom. The average molecular weight is 344 g/mol. The Bertz CT molecular complexity index is 544. The molecule has 3 atom stereocenters. The Labute approximate surface area is 151 Å². The van der Waals surface area contributed by atoms with Crippen molar-refractivity contribution in [2.75, 3.05) is 26.2 Å². The first-order valence-corrected chi connectivity index (χ1v) is 10.0. The number of benzene rings is 1. The summed E-state index contributed by atoms with van der Waals surface area (Å²) in [6.45, 7) is 7.36. The number of likely N-dealkylation sites (tertiary alicyclic amines) is 1. The summed E-state index contributed by atoms with van der Waals surface area (Å²) in [5, 5.41) is 3.76. The van der Waals surface area contributed by atoms with Crippen LogP contribution >= 0.6 is 0 Å². The molecule has 0 unspecified atom stereocenters.